The smallest absolute Gasteiger partial charge is 0.329 e. The number of phenolic OH excluding ortho intramolecular Hbond substituents is 1. The van der Waals surface area contributed by atoms with Crippen LogP contribution in [-0.2, 0) is 60.7 Å². The van der Waals surface area contributed by atoms with Crippen molar-refractivity contribution in [3.05, 3.63) is 65.7 Å². The number of nitrogens with one attached hydrogen (secondary N) is 5. The maximum atomic E-state index is 15.1. The Bertz CT molecular complexity index is 2190. The summed E-state index contributed by atoms with van der Waals surface area (Å²) in [5.74, 6) is -10.0. The Morgan fingerprint density at radius 1 is 0.884 bits per heavy atom. The summed E-state index contributed by atoms with van der Waals surface area (Å²) in [7, 11) is 1.34. The number of fused-ring (bicyclic) bond motifs is 2. The average molecular weight is 965 g/mol. The molecule has 2 saturated heterocycles. The predicted octanol–water partition coefficient (Wildman–Crippen LogP) is -1.72. The molecule has 0 radical (unpaired) electrons. The van der Waals surface area contributed by atoms with Crippen molar-refractivity contribution < 1.29 is 63.2 Å². The number of guanidine groups is 1. The Kier molecular flexibility index (Phi) is 19.8. The number of aliphatic hydroxyl groups excluding tert-OH is 1. The van der Waals surface area contributed by atoms with Gasteiger partial charge in [0.05, 0.1) is 6.42 Å². The van der Waals surface area contributed by atoms with Gasteiger partial charge in [-0.3, -0.25) is 43.3 Å². The first-order chi connectivity index (χ1) is 32.6. The van der Waals surface area contributed by atoms with Gasteiger partial charge in [-0.2, -0.15) is 0 Å². The van der Waals surface area contributed by atoms with E-state index in [4.69, 9.17) is 16.2 Å². The largest absolute Gasteiger partial charge is 0.508 e. The summed E-state index contributed by atoms with van der Waals surface area (Å²) in [6.45, 7) is 5.61. The van der Waals surface area contributed by atoms with Crippen molar-refractivity contribution in [3.63, 3.8) is 0 Å². The number of phenols is 1. The highest BCUT2D eigenvalue weighted by Gasteiger charge is 2.46. The van der Waals surface area contributed by atoms with Gasteiger partial charge in [-0.1, -0.05) is 62.7 Å². The number of carboxylic acid groups (broad SMARTS) is 1. The van der Waals surface area contributed by atoms with E-state index in [1.54, 1.807) is 44.2 Å². The van der Waals surface area contributed by atoms with Crippen LogP contribution >= 0.6 is 0 Å². The first-order valence-electron chi connectivity index (χ1n) is 22.7. The van der Waals surface area contributed by atoms with Crippen LogP contribution in [-0.4, -0.2) is 153 Å². The number of hydrogen-bond acceptors (Lipinski definition) is 13. The number of hydrogen-bond donors (Lipinski definition) is 10. The summed E-state index contributed by atoms with van der Waals surface area (Å²) in [5, 5.41) is 43.6. The lowest BCUT2D eigenvalue weighted by atomic mass is 9.95. The topological polar surface area (TPSA) is 355 Å². The molecule has 23 nitrogen and oxygen atoms in total. The van der Waals surface area contributed by atoms with Gasteiger partial charge in [0.15, 0.2) is 5.96 Å². The highest BCUT2D eigenvalue weighted by atomic mass is 16.5. The van der Waals surface area contributed by atoms with Crippen molar-refractivity contribution in [2.45, 2.75) is 134 Å². The molecule has 2 aromatic rings. The van der Waals surface area contributed by atoms with E-state index in [1.807, 2.05) is 0 Å². The monoisotopic (exact) mass is 964 g/mol. The van der Waals surface area contributed by atoms with E-state index < -0.39 is 120 Å². The van der Waals surface area contributed by atoms with Crippen LogP contribution in [0.15, 0.2) is 59.6 Å². The minimum Gasteiger partial charge on any atom is -0.508 e. The van der Waals surface area contributed by atoms with E-state index in [0.29, 0.717) is 11.1 Å². The summed E-state index contributed by atoms with van der Waals surface area (Å²) >= 11 is 0. The Hall–Kier alpha value is -7.30. The number of aromatic hydroxyl groups is 1. The molecule has 2 fully saturated rings. The van der Waals surface area contributed by atoms with Crippen molar-refractivity contribution in [1.29, 1.82) is 0 Å². The van der Waals surface area contributed by atoms with Gasteiger partial charge in [0.2, 0.25) is 41.4 Å². The lowest BCUT2D eigenvalue weighted by Crippen LogP contribution is -2.65. The van der Waals surface area contributed by atoms with Crippen LogP contribution in [0.5, 0.6) is 5.75 Å². The van der Waals surface area contributed by atoms with Crippen LogP contribution in [0.3, 0.4) is 0 Å². The van der Waals surface area contributed by atoms with Gasteiger partial charge in [0, 0.05) is 33.4 Å². The second kappa shape index (κ2) is 25.2. The van der Waals surface area contributed by atoms with Crippen LogP contribution < -0.4 is 38.1 Å². The van der Waals surface area contributed by atoms with Crippen LogP contribution in [0.25, 0.3) is 0 Å². The number of carboxylic acids is 1. The summed E-state index contributed by atoms with van der Waals surface area (Å²) < 4.78 is 5.83. The Balaban J connectivity index is 1.91. The highest BCUT2D eigenvalue weighted by Crippen LogP contribution is 2.26. The van der Waals surface area contributed by atoms with E-state index in [1.165, 1.54) is 38.2 Å². The number of aliphatic imine (C=N–C) groups is 1. The van der Waals surface area contributed by atoms with E-state index >= 15 is 4.79 Å². The molecule has 2 aliphatic heterocycles. The molecule has 4 rings (SSSR count). The lowest BCUT2D eigenvalue weighted by Gasteiger charge is -2.43. The average Bonchev–Trinajstić information content (AvgIpc) is 3.29. The fraction of sp³-hybridized carbons (Fsp3) is 0.522. The maximum absolute atomic E-state index is 15.1. The Morgan fingerprint density at radius 3 is 2.13 bits per heavy atom. The zero-order chi connectivity index (χ0) is 51.1. The van der Waals surface area contributed by atoms with Gasteiger partial charge < -0.3 is 67.9 Å². The zero-order valence-corrected chi connectivity index (χ0v) is 39.3. The molecule has 12 N–H and O–H groups in total. The SMILES string of the molecule is CC[C@H](C)[C@@H]1NC(=O)[C@H](Cc2ccc(O)cc2)N(C)C(=O)[C@H](Cc2ccccc2)N2C(=O)[C@H](CC[C@H]2O)NC(=O)[C@H](CCCN=C(N)N)NC(=O)[C@@H](NC(=O)[C@H](CC(=O)O)NC(C)=O)[C@@H](C)OC1=O. The van der Waals surface area contributed by atoms with Crippen LogP contribution in [0.4, 0.5) is 0 Å². The Morgan fingerprint density at radius 2 is 1.52 bits per heavy atom. The van der Waals surface area contributed by atoms with E-state index in [0.717, 1.165) is 16.7 Å². The second-order valence-corrected chi connectivity index (χ2v) is 17.3. The first-order valence-corrected chi connectivity index (χ1v) is 22.7. The van der Waals surface area contributed by atoms with E-state index in [-0.39, 0.29) is 63.2 Å². The summed E-state index contributed by atoms with van der Waals surface area (Å²) in [6.07, 6.45) is -4.44. The molecular weight excluding hydrogens is 901 g/mol. The summed E-state index contributed by atoms with van der Waals surface area (Å²) in [6, 6.07) is 3.63. The molecule has 0 unspecified atom stereocenters. The number of nitrogens with zero attached hydrogens (tertiary/aromatic N) is 3. The molecule has 10 atom stereocenters. The molecule has 0 aliphatic carbocycles. The molecule has 7 amide bonds. The number of amides is 7. The van der Waals surface area contributed by atoms with Gasteiger partial charge in [0.25, 0.3) is 0 Å². The third-order valence-electron chi connectivity index (χ3n) is 12.0. The van der Waals surface area contributed by atoms with Crippen molar-refractivity contribution in [1.82, 2.24) is 36.4 Å². The quantitative estimate of drug-likeness (QED) is 0.0411. The molecule has 0 aromatic heterocycles. The predicted molar refractivity (Wildman–Crippen MR) is 247 cm³/mol. The summed E-state index contributed by atoms with van der Waals surface area (Å²) in [5.41, 5.74) is 12.1. The number of nitrogens with two attached hydrogens (primary N) is 2. The van der Waals surface area contributed by atoms with Gasteiger partial charge in [-0.25, -0.2) is 4.79 Å². The van der Waals surface area contributed by atoms with Crippen LogP contribution in [0.1, 0.15) is 77.3 Å². The zero-order valence-electron chi connectivity index (χ0n) is 39.3. The van der Waals surface area contributed by atoms with Gasteiger partial charge in [-0.15, -0.1) is 0 Å². The number of aliphatic hydroxyl groups is 1. The molecule has 376 valence electrons. The molecule has 69 heavy (non-hydrogen) atoms. The number of likely N-dealkylation sites (N-methyl/N-ethyl adjacent to an activating group) is 1. The van der Waals surface area contributed by atoms with Gasteiger partial charge in [-0.05, 0) is 61.8 Å². The standard InChI is InChI=1S/C46H64N10O13/c1-6-24(2)37-45(68)69-25(3)38(54-40(63)32(23-36(60)61)50-26(4)57)42(65)51-30(13-10-20-49-46(47)48)39(62)52-31-18-19-35(59)56(43(31)66)34(22-27-11-8-7-9-12-27)44(67)55(5)33(41(64)53-37)21-28-14-16-29(58)17-15-28/h7-9,11-12,14-17,24-25,30-35,37-38,58-59H,6,10,13,18-23H2,1-5H3,(H,50,57)(H,51,65)(H,52,62)(H,53,64)(H,54,63)(H,60,61)(H4,47,48,49)/t24-,25+,30-,31-,32-,33-,34-,35+,37-,38-/m0/s1. The number of ether oxygens (including phenoxy) is 1. The maximum Gasteiger partial charge on any atom is 0.329 e. The third-order valence-corrected chi connectivity index (χ3v) is 12.0. The normalized spacial score (nSPS) is 25.0. The molecule has 2 heterocycles. The molecule has 0 saturated carbocycles. The molecular formula is C46H64N10O13. The molecule has 2 aliphatic rings. The highest BCUT2D eigenvalue weighted by molar-refractivity contribution is 5.98. The number of cyclic esters (lactones) is 1. The van der Waals surface area contributed by atoms with E-state index in [9.17, 15) is 53.7 Å². The van der Waals surface area contributed by atoms with Gasteiger partial charge >= 0.3 is 11.9 Å². The van der Waals surface area contributed by atoms with Crippen molar-refractivity contribution in [2.24, 2.45) is 22.4 Å². The minimum absolute atomic E-state index is 0.0146. The minimum atomic E-state index is -1.89. The van der Waals surface area contributed by atoms with Crippen molar-refractivity contribution in [3.8, 4) is 5.75 Å². The molecule has 2 bridgehead atoms. The van der Waals surface area contributed by atoms with Crippen molar-refractivity contribution >= 4 is 59.2 Å². The third kappa shape index (κ3) is 15.4. The second-order valence-electron chi connectivity index (χ2n) is 17.3. The molecule has 23 heteroatoms. The number of rotatable bonds is 15. The fourth-order valence-corrected chi connectivity index (χ4v) is 8.02. The first kappa shape index (κ1) is 54.3. The lowest BCUT2D eigenvalue weighted by molar-refractivity contribution is -0.165. The number of esters is 1. The number of benzene rings is 2. The van der Waals surface area contributed by atoms with Crippen LogP contribution in [0, 0.1) is 5.92 Å². The van der Waals surface area contributed by atoms with E-state index in [2.05, 4.69) is 31.6 Å². The van der Waals surface area contributed by atoms with Crippen molar-refractivity contribution in [2.75, 3.05) is 13.6 Å². The number of aliphatic carboxylic acids is 1. The number of carbonyl (C=O) groups excluding carboxylic acids is 8. The Labute approximate surface area is 399 Å². The van der Waals surface area contributed by atoms with Crippen LogP contribution in [0.2, 0.25) is 0 Å². The summed E-state index contributed by atoms with van der Waals surface area (Å²) in [4.78, 5) is 131. The van der Waals surface area contributed by atoms with Gasteiger partial charge in [0.1, 0.15) is 60.4 Å². The molecule has 0 spiro atoms. The fourth-order valence-electron chi connectivity index (χ4n) is 8.02. The number of piperidine rings is 1. The molecule has 2 aromatic carbocycles. The number of carbonyl (C=O) groups is 9.